The van der Waals surface area contributed by atoms with Gasteiger partial charge < -0.3 is 10.9 Å². The van der Waals surface area contributed by atoms with Crippen molar-refractivity contribution in [2.45, 2.75) is 50.9 Å². The molecule has 6 heteroatoms. The Hall–Kier alpha value is -1.30. The molecule has 1 unspecified atom stereocenters. The van der Waals surface area contributed by atoms with Crippen LogP contribution in [0.25, 0.3) is 0 Å². The molecule has 5 nitrogen and oxygen atoms in total. The smallest absolute Gasteiger partial charge is 0.188 e. The van der Waals surface area contributed by atoms with Gasteiger partial charge in [0.15, 0.2) is 5.16 Å². The maximum absolute atomic E-state index is 8.59. The van der Waals surface area contributed by atoms with Crippen LogP contribution in [0.1, 0.15) is 36.7 Å². The summed E-state index contributed by atoms with van der Waals surface area (Å²) >= 11 is 1.58. The van der Waals surface area contributed by atoms with Crippen LogP contribution in [0, 0.1) is 20.8 Å². The first kappa shape index (κ1) is 14.8. The van der Waals surface area contributed by atoms with Crippen LogP contribution in [0.2, 0.25) is 0 Å². The van der Waals surface area contributed by atoms with E-state index in [1.165, 1.54) is 0 Å². The molecule has 0 amide bonds. The molecule has 1 atom stereocenters. The van der Waals surface area contributed by atoms with Crippen LogP contribution in [-0.2, 0) is 0 Å². The highest BCUT2D eigenvalue weighted by Gasteiger charge is 2.14. The van der Waals surface area contributed by atoms with Crippen LogP contribution in [0.5, 0.6) is 0 Å². The molecule has 1 rings (SSSR count). The summed E-state index contributed by atoms with van der Waals surface area (Å²) in [5.74, 6) is 0.245. The van der Waals surface area contributed by atoms with Crippen molar-refractivity contribution in [3.05, 3.63) is 17.0 Å². The topological polar surface area (TPSA) is 84.4 Å². The maximum Gasteiger partial charge on any atom is 0.188 e. The monoisotopic (exact) mass is 268 g/mol. The van der Waals surface area contributed by atoms with Crippen LogP contribution < -0.4 is 5.73 Å². The van der Waals surface area contributed by atoms with Crippen LogP contribution in [0.15, 0.2) is 10.3 Å². The van der Waals surface area contributed by atoms with Crippen molar-refractivity contribution < 1.29 is 5.21 Å². The normalized spacial score (nSPS) is 13.7. The van der Waals surface area contributed by atoms with Crippen LogP contribution >= 0.6 is 11.8 Å². The minimum absolute atomic E-state index is 0.224. The molecule has 0 radical (unpaired) electrons. The van der Waals surface area contributed by atoms with Crippen molar-refractivity contribution >= 4 is 17.6 Å². The number of thioether (sulfide) groups is 1. The van der Waals surface area contributed by atoms with Crippen molar-refractivity contribution in [1.82, 2.24) is 9.97 Å². The van der Waals surface area contributed by atoms with Gasteiger partial charge in [0.25, 0.3) is 0 Å². The van der Waals surface area contributed by atoms with Gasteiger partial charge in [-0.15, -0.1) is 0 Å². The first-order chi connectivity index (χ1) is 8.47. The van der Waals surface area contributed by atoms with Crippen LogP contribution in [0.3, 0.4) is 0 Å². The Labute approximate surface area is 112 Å². The first-order valence-corrected chi connectivity index (χ1v) is 6.80. The Bertz CT molecular complexity index is 425. The third kappa shape index (κ3) is 3.87. The average Bonchev–Trinajstić information content (AvgIpc) is 2.34. The first-order valence-electron chi connectivity index (χ1n) is 5.92. The summed E-state index contributed by atoms with van der Waals surface area (Å²) < 4.78 is 0. The van der Waals surface area contributed by atoms with Crippen molar-refractivity contribution in [3.8, 4) is 0 Å². The lowest BCUT2D eigenvalue weighted by Crippen LogP contribution is -2.18. The fourth-order valence-electron chi connectivity index (χ4n) is 1.49. The SMILES string of the molecule is CCC(CC(N)=NO)Sc1nc(C)c(C)c(C)n1. The molecule has 18 heavy (non-hydrogen) atoms. The molecule has 0 saturated carbocycles. The predicted molar refractivity (Wildman–Crippen MR) is 74.2 cm³/mol. The van der Waals surface area contributed by atoms with Gasteiger partial charge in [0, 0.05) is 23.1 Å². The number of amidine groups is 1. The molecular formula is C12H20N4OS. The van der Waals surface area contributed by atoms with E-state index in [0.717, 1.165) is 28.5 Å². The van der Waals surface area contributed by atoms with E-state index < -0.39 is 0 Å². The standard InChI is InChI=1S/C12H20N4OS/c1-5-10(6-11(13)16-17)18-12-14-8(3)7(2)9(4)15-12/h10,17H,5-6H2,1-4H3,(H2,13,16). The zero-order valence-corrected chi connectivity index (χ0v) is 12.1. The summed E-state index contributed by atoms with van der Waals surface area (Å²) in [5.41, 5.74) is 8.67. The summed E-state index contributed by atoms with van der Waals surface area (Å²) in [6.45, 7) is 8.06. The lowest BCUT2D eigenvalue weighted by atomic mass is 10.2. The number of rotatable bonds is 5. The Kier molecular flexibility index (Phi) is 5.40. The molecule has 0 fully saturated rings. The van der Waals surface area contributed by atoms with Crippen molar-refractivity contribution in [2.75, 3.05) is 0 Å². The summed E-state index contributed by atoms with van der Waals surface area (Å²) in [6.07, 6.45) is 1.45. The van der Waals surface area contributed by atoms with Gasteiger partial charge in [-0.2, -0.15) is 0 Å². The fraction of sp³-hybridized carbons (Fsp3) is 0.583. The van der Waals surface area contributed by atoms with E-state index >= 15 is 0 Å². The number of hydrogen-bond donors (Lipinski definition) is 2. The van der Waals surface area contributed by atoms with Crippen molar-refractivity contribution in [2.24, 2.45) is 10.9 Å². The second-order valence-electron chi connectivity index (χ2n) is 4.25. The number of oxime groups is 1. The van der Waals surface area contributed by atoms with E-state index in [9.17, 15) is 0 Å². The molecule has 0 spiro atoms. The van der Waals surface area contributed by atoms with Crippen molar-refractivity contribution in [3.63, 3.8) is 0 Å². The van der Waals surface area contributed by atoms with E-state index in [4.69, 9.17) is 10.9 Å². The summed E-state index contributed by atoms with van der Waals surface area (Å²) in [5, 5.41) is 12.6. The third-order valence-corrected chi connectivity index (χ3v) is 4.13. The van der Waals surface area contributed by atoms with E-state index in [1.54, 1.807) is 11.8 Å². The molecule has 1 aromatic heterocycles. The molecule has 0 aliphatic carbocycles. The highest BCUT2D eigenvalue weighted by atomic mass is 32.2. The minimum Gasteiger partial charge on any atom is -0.409 e. The van der Waals surface area contributed by atoms with Gasteiger partial charge in [-0.25, -0.2) is 9.97 Å². The molecule has 0 saturated heterocycles. The van der Waals surface area contributed by atoms with E-state index in [1.807, 2.05) is 20.8 Å². The van der Waals surface area contributed by atoms with E-state index in [0.29, 0.717) is 6.42 Å². The minimum atomic E-state index is 0.224. The molecule has 0 aromatic carbocycles. The summed E-state index contributed by atoms with van der Waals surface area (Å²) in [7, 11) is 0. The van der Waals surface area contributed by atoms with Crippen LogP contribution in [0.4, 0.5) is 0 Å². The Morgan fingerprint density at radius 2 is 1.89 bits per heavy atom. The molecule has 3 N–H and O–H groups in total. The zero-order valence-electron chi connectivity index (χ0n) is 11.3. The van der Waals surface area contributed by atoms with Gasteiger partial charge >= 0.3 is 0 Å². The molecule has 1 heterocycles. The van der Waals surface area contributed by atoms with Gasteiger partial charge in [-0.05, 0) is 32.8 Å². The number of aryl methyl sites for hydroxylation is 2. The van der Waals surface area contributed by atoms with Crippen LogP contribution in [-0.4, -0.2) is 26.3 Å². The average molecular weight is 268 g/mol. The second kappa shape index (κ2) is 6.58. The number of nitrogens with two attached hydrogens (primary N) is 1. The number of hydrogen-bond acceptors (Lipinski definition) is 5. The molecule has 0 aliphatic heterocycles. The van der Waals surface area contributed by atoms with E-state index in [2.05, 4.69) is 22.0 Å². The lowest BCUT2D eigenvalue weighted by Gasteiger charge is -2.13. The Balaban J connectivity index is 2.82. The van der Waals surface area contributed by atoms with Crippen molar-refractivity contribution in [1.29, 1.82) is 0 Å². The Morgan fingerprint density at radius 1 is 1.33 bits per heavy atom. The molecule has 0 bridgehead atoms. The van der Waals surface area contributed by atoms with Gasteiger partial charge in [0.1, 0.15) is 5.84 Å². The summed E-state index contributed by atoms with van der Waals surface area (Å²) in [6, 6.07) is 0. The zero-order chi connectivity index (χ0) is 13.7. The third-order valence-electron chi connectivity index (χ3n) is 2.90. The largest absolute Gasteiger partial charge is 0.409 e. The molecular weight excluding hydrogens is 248 g/mol. The maximum atomic E-state index is 8.59. The molecule has 0 aliphatic rings. The van der Waals surface area contributed by atoms with E-state index in [-0.39, 0.29) is 11.1 Å². The highest BCUT2D eigenvalue weighted by molar-refractivity contribution is 7.99. The molecule has 1 aromatic rings. The summed E-state index contributed by atoms with van der Waals surface area (Å²) in [4.78, 5) is 8.93. The highest BCUT2D eigenvalue weighted by Crippen LogP contribution is 2.25. The lowest BCUT2D eigenvalue weighted by molar-refractivity contribution is 0.316. The Morgan fingerprint density at radius 3 is 2.33 bits per heavy atom. The number of nitrogens with zero attached hydrogens (tertiary/aromatic N) is 3. The predicted octanol–water partition coefficient (Wildman–Crippen LogP) is 2.41. The number of aromatic nitrogens is 2. The van der Waals surface area contributed by atoms with Gasteiger partial charge in [-0.3, -0.25) is 0 Å². The molecule has 100 valence electrons. The quantitative estimate of drug-likeness (QED) is 0.214. The fourth-order valence-corrected chi connectivity index (χ4v) is 2.58. The van der Waals surface area contributed by atoms with Gasteiger partial charge in [-0.1, -0.05) is 23.8 Å². The van der Waals surface area contributed by atoms with Gasteiger partial charge in [0.2, 0.25) is 0 Å². The second-order valence-corrected chi connectivity index (χ2v) is 5.51. The van der Waals surface area contributed by atoms with Gasteiger partial charge in [0.05, 0.1) is 0 Å².